The Morgan fingerprint density at radius 1 is 1.11 bits per heavy atom. The zero-order valence-corrected chi connectivity index (χ0v) is 16.6. The van der Waals surface area contributed by atoms with Crippen molar-refractivity contribution >= 4 is 16.9 Å². The number of nitrogens with one attached hydrogen (secondary N) is 1. The highest BCUT2D eigenvalue weighted by atomic mass is 16.1. The minimum atomic E-state index is -0.122. The largest absolute Gasteiger partial charge is 0.356 e. The molecule has 0 atom stereocenters. The number of aromatic nitrogens is 2. The molecule has 0 aliphatic rings. The zero-order chi connectivity index (χ0) is 19.9. The van der Waals surface area contributed by atoms with Crippen molar-refractivity contribution in [2.75, 3.05) is 6.54 Å². The Kier molecular flexibility index (Phi) is 6.58. The maximum atomic E-state index is 13.1. The fourth-order valence-electron chi connectivity index (χ4n) is 3.25. The van der Waals surface area contributed by atoms with Crippen molar-refractivity contribution in [3.63, 3.8) is 0 Å². The Balaban J connectivity index is 1.90. The van der Waals surface area contributed by atoms with Gasteiger partial charge in [0, 0.05) is 19.4 Å². The molecular formula is C23H27N3O2. The van der Waals surface area contributed by atoms with Crippen LogP contribution in [-0.4, -0.2) is 22.0 Å². The summed E-state index contributed by atoms with van der Waals surface area (Å²) in [6.07, 6.45) is 2.61. The van der Waals surface area contributed by atoms with Crippen LogP contribution in [0.3, 0.4) is 0 Å². The Hall–Kier alpha value is -2.95. The molecule has 1 amide bonds. The first-order chi connectivity index (χ1) is 13.6. The molecule has 0 spiro atoms. The number of carbonyl (C=O) groups is 1. The van der Waals surface area contributed by atoms with Crippen molar-refractivity contribution in [1.29, 1.82) is 0 Å². The molecule has 1 N–H and O–H groups in total. The standard InChI is InChI=1S/C23H27N3O2/c1-3-4-15-24-22(27)14-13-20-23(28)26(16-18-10-6-5-9-17(18)2)21-12-8-7-11-19(21)25-20/h5-12H,3-4,13-16H2,1-2H3,(H,24,27). The number of hydrogen-bond donors (Lipinski definition) is 1. The topological polar surface area (TPSA) is 64.0 Å². The van der Waals surface area contributed by atoms with E-state index >= 15 is 0 Å². The SMILES string of the molecule is CCCCNC(=O)CCc1nc2ccccc2n(Cc2ccccc2C)c1=O. The summed E-state index contributed by atoms with van der Waals surface area (Å²) in [5.74, 6) is -0.0340. The minimum Gasteiger partial charge on any atom is -0.356 e. The number of fused-ring (bicyclic) bond motifs is 1. The highest BCUT2D eigenvalue weighted by Crippen LogP contribution is 2.15. The fraction of sp³-hybridized carbons (Fsp3) is 0.348. The molecule has 3 rings (SSSR count). The van der Waals surface area contributed by atoms with Crippen LogP contribution in [0.25, 0.3) is 11.0 Å². The van der Waals surface area contributed by atoms with Crippen molar-refractivity contribution in [3.05, 3.63) is 75.7 Å². The van der Waals surface area contributed by atoms with Gasteiger partial charge in [-0.05, 0) is 36.6 Å². The van der Waals surface area contributed by atoms with Crippen molar-refractivity contribution in [1.82, 2.24) is 14.9 Å². The lowest BCUT2D eigenvalue weighted by Gasteiger charge is -2.14. The monoisotopic (exact) mass is 377 g/mol. The number of rotatable bonds is 8. The van der Waals surface area contributed by atoms with Crippen molar-refractivity contribution < 1.29 is 4.79 Å². The van der Waals surface area contributed by atoms with E-state index in [-0.39, 0.29) is 17.9 Å². The number of aryl methyl sites for hydroxylation is 2. The second-order valence-corrected chi connectivity index (χ2v) is 7.07. The van der Waals surface area contributed by atoms with Gasteiger partial charge >= 0.3 is 0 Å². The Morgan fingerprint density at radius 2 is 1.86 bits per heavy atom. The average molecular weight is 377 g/mol. The van der Waals surface area contributed by atoms with E-state index in [9.17, 15) is 9.59 Å². The third-order valence-electron chi connectivity index (χ3n) is 4.95. The summed E-state index contributed by atoms with van der Waals surface area (Å²) >= 11 is 0. The molecule has 0 saturated carbocycles. The van der Waals surface area contributed by atoms with Crippen LogP contribution >= 0.6 is 0 Å². The van der Waals surface area contributed by atoms with Gasteiger partial charge < -0.3 is 9.88 Å². The van der Waals surface area contributed by atoms with Gasteiger partial charge in [-0.15, -0.1) is 0 Å². The Morgan fingerprint density at radius 3 is 2.64 bits per heavy atom. The summed E-state index contributed by atoms with van der Waals surface area (Å²) in [6.45, 7) is 5.30. The Labute approximate surface area is 165 Å². The second-order valence-electron chi connectivity index (χ2n) is 7.07. The molecule has 0 radical (unpaired) electrons. The number of nitrogens with zero attached hydrogens (tertiary/aromatic N) is 2. The van der Waals surface area contributed by atoms with Crippen LogP contribution in [0.1, 0.15) is 43.0 Å². The van der Waals surface area contributed by atoms with E-state index in [1.807, 2.05) is 55.5 Å². The van der Waals surface area contributed by atoms with E-state index in [1.165, 1.54) is 0 Å². The molecule has 0 unspecified atom stereocenters. The average Bonchev–Trinajstić information content (AvgIpc) is 2.70. The molecule has 0 saturated heterocycles. The lowest BCUT2D eigenvalue weighted by molar-refractivity contribution is -0.121. The number of para-hydroxylation sites is 2. The molecule has 28 heavy (non-hydrogen) atoms. The van der Waals surface area contributed by atoms with Gasteiger partial charge in [0.05, 0.1) is 17.6 Å². The van der Waals surface area contributed by atoms with Gasteiger partial charge in [0.25, 0.3) is 5.56 Å². The van der Waals surface area contributed by atoms with Gasteiger partial charge in [-0.2, -0.15) is 0 Å². The molecular weight excluding hydrogens is 350 g/mol. The highest BCUT2D eigenvalue weighted by molar-refractivity contribution is 5.77. The van der Waals surface area contributed by atoms with Crippen LogP contribution in [0, 0.1) is 6.92 Å². The smallest absolute Gasteiger partial charge is 0.273 e. The molecule has 5 nitrogen and oxygen atoms in total. The predicted octanol–water partition coefficient (Wildman–Crippen LogP) is 3.60. The van der Waals surface area contributed by atoms with Crippen molar-refractivity contribution in [2.45, 2.75) is 46.1 Å². The molecule has 0 fully saturated rings. The Bertz CT molecular complexity index is 1020. The van der Waals surface area contributed by atoms with Crippen molar-refractivity contribution in [3.8, 4) is 0 Å². The van der Waals surface area contributed by atoms with Gasteiger partial charge in [0.2, 0.25) is 5.91 Å². The normalized spacial score (nSPS) is 10.9. The van der Waals surface area contributed by atoms with Crippen LogP contribution in [-0.2, 0) is 17.8 Å². The summed E-state index contributed by atoms with van der Waals surface area (Å²) in [5.41, 5.74) is 4.15. The van der Waals surface area contributed by atoms with E-state index in [2.05, 4.69) is 17.2 Å². The van der Waals surface area contributed by atoms with Crippen molar-refractivity contribution in [2.24, 2.45) is 0 Å². The van der Waals surface area contributed by atoms with E-state index in [4.69, 9.17) is 0 Å². The quantitative estimate of drug-likeness (QED) is 0.610. The minimum absolute atomic E-state index is 0.0340. The number of unbranched alkanes of at least 4 members (excludes halogenated alkanes) is 1. The van der Waals surface area contributed by atoms with Crippen LogP contribution in [0.2, 0.25) is 0 Å². The van der Waals surface area contributed by atoms with Gasteiger partial charge in [-0.3, -0.25) is 9.59 Å². The number of carbonyl (C=O) groups excluding carboxylic acids is 1. The van der Waals surface area contributed by atoms with Crippen LogP contribution in [0.5, 0.6) is 0 Å². The van der Waals surface area contributed by atoms with E-state index in [0.29, 0.717) is 25.2 Å². The van der Waals surface area contributed by atoms with Crippen LogP contribution in [0.15, 0.2) is 53.3 Å². The van der Waals surface area contributed by atoms with Gasteiger partial charge in [-0.1, -0.05) is 49.7 Å². The van der Waals surface area contributed by atoms with Gasteiger partial charge in [-0.25, -0.2) is 4.98 Å². The molecule has 5 heteroatoms. The third kappa shape index (κ3) is 4.66. The molecule has 3 aromatic rings. The lowest BCUT2D eigenvalue weighted by atomic mass is 10.1. The lowest BCUT2D eigenvalue weighted by Crippen LogP contribution is -2.29. The fourth-order valence-corrected chi connectivity index (χ4v) is 3.25. The summed E-state index contributed by atoms with van der Waals surface area (Å²) < 4.78 is 1.77. The molecule has 0 bridgehead atoms. The number of hydrogen-bond acceptors (Lipinski definition) is 3. The van der Waals surface area contributed by atoms with Crippen LogP contribution < -0.4 is 10.9 Å². The molecule has 0 aliphatic carbocycles. The second kappa shape index (κ2) is 9.31. The van der Waals surface area contributed by atoms with Gasteiger partial charge in [0.15, 0.2) is 0 Å². The molecule has 1 aromatic heterocycles. The summed E-state index contributed by atoms with van der Waals surface area (Å²) in [5, 5.41) is 2.90. The molecule has 2 aromatic carbocycles. The van der Waals surface area contributed by atoms with E-state index < -0.39 is 0 Å². The number of benzene rings is 2. The first-order valence-corrected chi connectivity index (χ1v) is 9.89. The first-order valence-electron chi connectivity index (χ1n) is 9.89. The zero-order valence-electron chi connectivity index (χ0n) is 16.6. The van der Waals surface area contributed by atoms with Crippen LogP contribution in [0.4, 0.5) is 0 Å². The molecule has 0 aliphatic heterocycles. The summed E-state index contributed by atoms with van der Waals surface area (Å²) in [7, 11) is 0. The summed E-state index contributed by atoms with van der Waals surface area (Å²) in [6, 6.07) is 15.7. The maximum absolute atomic E-state index is 13.1. The molecule has 1 heterocycles. The van der Waals surface area contributed by atoms with Gasteiger partial charge in [0.1, 0.15) is 5.69 Å². The number of amides is 1. The van der Waals surface area contributed by atoms with E-state index in [1.54, 1.807) is 4.57 Å². The molecule has 146 valence electrons. The third-order valence-corrected chi connectivity index (χ3v) is 4.95. The first kappa shape index (κ1) is 19.8. The van der Waals surface area contributed by atoms with E-state index in [0.717, 1.165) is 35.0 Å². The summed E-state index contributed by atoms with van der Waals surface area (Å²) in [4.78, 5) is 29.7. The maximum Gasteiger partial charge on any atom is 0.273 e. The highest BCUT2D eigenvalue weighted by Gasteiger charge is 2.13. The predicted molar refractivity (Wildman–Crippen MR) is 113 cm³/mol.